The maximum absolute atomic E-state index is 13.2. The summed E-state index contributed by atoms with van der Waals surface area (Å²) in [5.74, 6) is 1.23. The van der Waals surface area contributed by atoms with Crippen molar-refractivity contribution in [2.75, 3.05) is 37.3 Å². The van der Waals surface area contributed by atoms with Crippen LogP contribution in [0.2, 0.25) is 0 Å². The Kier molecular flexibility index (Phi) is 10.7. The van der Waals surface area contributed by atoms with Gasteiger partial charge in [0.2, 0.25) is 5.91 Å². The molecule has 210 valence electrons. The zero-order valence-corrected chi connectivity index (χ0v) is 24.1. The van der Waals surface area contributed by atoms with Gasteiger partial charge in [0, 0.05) is 61.6 Å². The molecular weight excluding hydrogens is 546 g/mol. The number of ether oxygens (including phenoxy) is 1. The standard InChI is InChI=1S/C29H33N5O4S2/c1-3-17-39-28-24(9-5-12-31-28)29(37)34-14-10-21(11-15-34)27-33-25(19-40-27)26(36)30-13-6-16-38-23-8-4-7-22(18-23)32-20(2)35/h3-5,7-9,12,18-19,21H,1,6,10-11,13-17H2,2H3,(H,30,36)(H,32,35). The molecule has 3 amide bonds. The number of carbonyl (C=O) groups is 3. The summed E-state index contributed by atoms with van der Waals surface area (Å²) in [5, 5.41) is 9.08. The van der Waals surface area contributed by atoms with Crippen LogP contribution in [0.3, 0.4) is 0 Å². The van der Waals surface area contributed by atoms with E-state index in [1.54, 1.807) is 35.9 Å². The quantitative estimate of drug-likeness (QED) is 0.177. The van der Waals surface area contributed by atoms with Crippen LogP contribution in [-0.2, 0) is 4.79 Å². The summed E-state index contributed by atoms with van der Waals surface area (Å²) in [4.78, 5) is 47.8. The van der Waals surface area contributed by atoms with E-state index in [0.717, 1.165) is 22.9 Å². The van der Waals surface area contributed by atoms with Crippen molar-refractivity contribution in [1.82, 2.24) is 20.2 Å². The highest BCUT2D eigenvalue weighted by Crippen LogP contribution is 2.31. The smallest absolute Gasteiger partial charge is 0.270 e. The number of pyridine rings is 1. The number of hydrogen-bond donors (Lipinski definition) is 2. The highest BCUT2D eigenvalue weighted by Gasteiger charge is 2.28. The van der Waals surface area contributed by atoms with Crippen LogP contribution < -0.4 is 15.4 Å². The number of rotatable bonds is 12. The molecule has 11 heteroatoms. The number of amides is 3. The van der Waals surface area contributed by atoms with Crippen molar-refractivity contribution in [2.45, 2.75) is 37.1 Å². The normalized spacial score (nSPS) is 13.5. The van der Waals surface area contributed by atoms with E-state index in [1.165, 1.54) is 30.0 Å². The van der Waals surface area contributed by atoms with Gasteiger partial charge in [0.15, 0.2) is 0 Å². The van der Waals surface area contributed by atoms with Crippen molar-refractivity contribution >= 4 is 46.5 Å². The van der Waals surface area contributed by atoms with Gasteiger partial charge in [-0.2, -0.15) is 0 Å². The Hall–Kier alpha value is -3.70. The molecule has 40 heavy (non-hydrogen) atoms. The molecule has 2 aromatic heterocycles. The lowest BCUT2D eigenvalue weighted by Crippen LogP contribution is -2.38. The minimum absolute atomic E-state index is 0.00160. The second-order valence-corrected chi connectivity index (χ2v) is 11.2. The number of thioether (sulfide) groups is 1. The fourth-order valence-corrected chi connectivity index (χ4v) is 6.00. The van der Waals surface area contributed by atoms with Crippen LogP contribution in [0.5, 0.6) is 5.75 Å². The molecule has 3 aromatic rings. The van der Waals surface area contributed by atoms with Gasteiger partial charge in [-0.3, -0.25) is 14.4 Å². The van der Waals surface area contributed by atoms with E-state index in [1.807, 2.05) is 23.1 Å². The number of anilines is 1. The van der Waals surface area contributed by atoms with E-state index in [9.17, 15) is 14.4 Å². The molecule has 0 radical (unpaired) electrons. The molecule has 0 bridgehead atoms. The SMILES string of the molecule is C=CCSc1ncccc1C(=O)N1CCC(c2nc(C(=O)NCCCOc3cccc(NC(C)=O)c3)cs2)CC1. The molecular formula is C29H33N5O4S2. The van der Waals surface area contributed by atoms with E-state index in [0.29, 0.717) is 61.1 Å². The van der Waals surface area contributed by atoms with Crippen LogP contribution in [0.25, 0.3) is 0 Å². The molecule has 1 saturated heterocycles. The number of likely N-dealkylation sites (tertiary alicyclic amines) is 1. The van der Waals surface area contributed by atoms with E-state index in [-0.39, 0.29) is 23.6 Å². The molecule has 0 saturated carbocycles. The number of carbonyl (C=O) groups excluding carboxylic acids is 3. The molecule has 0 unspecified atom stereocenters. The summed E-state index contributed by atoms with van der Waals surface area (Å²) in [6, 6.07) is 10.8. The van der Waals surface area contributed by atoms with Crippen LogP contribution in [0.4, 0.5) is 5.69 Å². The highest BCUT2D eigenvalue weighted by atomic mass is 32.2. The number of thiazole rings is 1. The lowest BCUT2D eigenvalue weighted by atomic mass is 9.97. The first-order valence-electron chi connectivity index (χ1n) is 13.2. The van der Waals surface area contributed by atoms with E-state index >= 15 is 0 Å². The monoisotopic (exact) mass is 579 g/mol. The topological polar surface area (TPSA) is 114 Å². The molecule has 0 aliphatic carbocycles. The van der Waals surface area contributed by atoms with Crippen LogP contribution in [0, 0.1) is 0 Å². The Morgan fingerprint density at radius 1 is 1.23 bits per heavy atom. The summed E-state index contributed by atoms with van der Waals surface area (Å²) in [6.45, 7) is 7.36. The van der Waals surface area contributed by atoms with Gasteiger partial charge in [-0.15, -0.1) is 29.7 Å². The average molecular weight is 580 g/mol. The first kappa shape index (κ1) is 29.3. The van der Waals surface area contributed by atoms with Crippen LogP contribution in [0.1, 0.15) is 58.0 Å². The van der Waals surface area contributed by atoms with Crippen LogP contribution >= 0.6 is 23.1 Å². The first-order valence-corrected chi connectivity index (χ1v) is 15.0. The molecule has 9 nitrogen and oxygen atoms in total. The molecule has 3 heterocycles. The van der Waals surface area contributed by atoms with Gasteiger partial charge in [0.25, 0.3) is 11.8 Å². The average Bonchev–Trinajstić information content (AvgIpc) is 3.46. The lowest BCUT2D eigenvalue weighted by Gasteiger charge is -2.31. The first-order chi connectivity index (χ1) is 19.4. The third-order valence-electron chi connectivity index (χ3n) is 6.26. The van der Waals surface area contributed by atoms with Crippen molar-refractivity contribution in [3.05, 3.63) is 76.9 Å². The molecule has 4 rings (SSSR count). The summed E-state index contributed by atoms with van der Waals surface area (Å²) >= 11 is 3.00. The molecule has 0 atom stereocenters. The van der Waals surface area contributed by atoms with Gasteiger partial charge in [-0.1, -0.05) is 12.1 Å². The van der Waals surface area contributed by atoms with Gasteiger partial charge < -0.3 is 20.3 Å². The zero-order chi connectivity index (χ0) is 28.3. The molecule has 1 aliphatic rings. The fraction of sp³-hybridized carbons (Fsp3) is 0.345. The molecule has 0 spiro atoms. The van der Waals surface area contributed by atoms with Gasteiger partial charge in [-0.05, 0) is 43.5 Å². The third kappa shape index (κ3) is 8.15. The Morgan fingerprint density at radius 2 is 2.05 bits per heavy atom. The second-order valence-electron chi connectivity index (χ2n) is 9.26. The number of nitrogens with one attached hydrogen (secondary N) is 2. The van der Waals surface area contributed by atoms with Crippen molar-refractivity contribution in [3.63, 3.8) is 0 Å². The van der Waals surface area contributed by atoms with Crippen molar-refractivity contribution in [3.8, 4) is 5.75 Å². The maximum Gasteiger partial charge on any atom is 0.270 e. The largest absolute Gasteiger partial charge is 0.493 e. The Balaban J connectivity index is 1.20. The Morgan fingerprint density at radius 3 is 2.83 bits per heavy atom. The molecule has 1 aromatic carbocycles. The maximum atomic E-state index is 13.2. The van der Waals surface area contributed by atoms with Crippen molar-refractivity contribution < 1.29 is 19.1 Å². The summed E-state index contributed by atoms with van der Waals surface area (Å²) in [7, 11) is 0. The zero-order valence-electron chi connectivity index (χ0n) is 22.4. The fourth-order valence-electron chi connectivity index (χ4n) is 4.31. The van der Waals surface area contributed by atoms with E-state index in [2.05, 4.69) is 27.2 Å². The van der Waals surface area contributed by atoms with Gasteiger partial charge in [-0.25, -0.2) is 9.97 Å². The van der Waals surface area contributed by atoms with E-state index in [4.69, 9.17) is 4.74 Å². The molecule has 1 aliphatic heterocycles. The Bertz CT molecular complexity index is 1340. The summed E-state index contributed by atoms with van der Waals surface area (Å²) in [6.07, 6.45) is 5.74. The van der Waals surface area contributed by atoms with Gasteiger partial charge in [0.1, 0.15) is 16.5 Å². The van der Waals surface area contributed by atoms with Gasteiger partial charge in [0.05, 0.1) is 17.2 Å². The third-order valence-corrected chi connectivity index (χ3v) is 8.26. The van der Waals surface area contributed by atoms with Gasteiger partial charge >= 0.3 is 0 Å². The number of piperidine rings is 1. The minimum atomic E-state index is -0.205. The van der Waals surface area contributed by atoms with Crippen molar-refractivity contribution in [1.29, 1.82) is 0 Å². The minimum Gasteiger partial charge on any atom is -0.493 e. The van der Waals surface area contributed by atoms with E-state index < -0.39 is 0 Å². The highest BCUT2D eigenvalue weighted by molar-refractivity contribution is 7.99. The number of hydrogen-bond acceptors (Lipinski definition) is 8. The van der Waals surface area contributed by atoms with Crippen LogP contribution in [0.15, 0.2) is 65.7 Å². The number of aromatic nitrogens is 2. The number of benzene rings is 1. The summed E-state index contributed by atoms with van der Waals surface area (Å²) < 4.78 is 5.72. The van der Waals surface area contributed by atoms with Crippen molar-refractivity contribution in [2.24, 2.45) is 0 Å². The predicted molar refractivity (Wildman–Crippen MR) is 158 cm³/mol. The second kappa shape index (κ2) is 14.6. The molecule has 2 N–H and O–H groups in total. The Labute approximate surface area is 242 Å². The lowest BCUT2D eigenvalue weighted by molar-refractivity contribution is -0.114. The summed E-state index contributed by atoms with van der Waals surface area (Å²) in [5.41, 5.74) is 1.72. The number of nitrogens with zero attached hydrogens (tertiary/aromatic N) is 3. The van der Waals surface area contributed by atoms with Crippen LogP contribution in [-0.4, -0.2) is 64.6 Å². The predicted octanol–water partition coefficient (Wildman–Crippen LogP) is 4.99. The molecule has 1 fully saturated rings.